The Morgan fingerprint density at radius 3 is 2.79 bits per heavy atom. The van der Waals surface area contributed by atoms with Gasteiger partial charge < -0.3 is 0 Å². The molecule has 0 radical (unpaired) electrons. The van der Waals surface area contributed by atoms with Crippen LogP contribution in [0.4, 0.5) is 0 Å². The summed E-state index contributed by atoms with van der Waals surface area (Å²) in [6.45, 7) is 0. The van der Waals surface area contributed by atoms with Gasteiger partial charge in [-0.05, 0) is 29.1 Å². The van der Waals surface area contributed by atoms with Gasteiger partial charge in [0.25, 0.3) is 0 Å². The highest BCUT2D eigenvalue weighted by Gasteiger charge is 2.08. The molecule has 2 heterocycles. The molecule has 19 heavy (non-hydrogen) atoms. The van der Waals surface area contributed by atoms with E-state index < -0.39 is 0 Å². The maximum absolute atomic E-state index is 12.1. The molecule has 3 rings (SSSR count). The zero-order valence-corrected chi connectivity index (χ0v) is 11.2. The van der Waals surface area contributed by atoms with Crippen LogP contribution in [0.1, 0.15) is 10.4 Å². The van der Waals surface area contributed by atoms with E-state index in [9.17, 15) is 4.79 Å². The van der Waals surface area contributed by atoms with Crippen LogP contribution in [0.25, 0.3) is 10.9 Å². The van der Waals surface area contributed by atoms with Crippen molar-refractivity contribution in [3.05, 3.63) is 64.5 Å². The summed E-state index contributed by atoms with van der Waals surface area (Å²) in [5.41, 5.74) is 2.01. The SMILES string of the molecule is O=C(Cc1cccs1)Cc1ccnc2ccccc12. The minimum absolute atomic E-state index is 0.249. The molecule has 94 valence electrons. The van der Waals surface area contributed by atoms with Crippen LogP contribution in [0.5, 0.6) is 0 Å². The van der Waals surface area contributed by atoms with Crippen LogP contribution in [-0.4, -0.2) is 10.8 Å². The van der Waals surface area contributed by atoms with Gasteiger partial charge in [-0.15, -0.1) is 11.3 Å². The first-order valence-electron chi connectivity index (χ1n) is 6.19. The lowest BCUT2D eigenvalue weighted by atomic mass is 10.0. The van der Waals surface area contributed by atoms with Gasteiger partial charge in [-0.25, -0.2) is 0 Å². The number of carbonyl (C=O) groups excluding carboxylic acids is 1. The molecule has 0 aliphatic heterocycles. The van der Waals surface area contributed by atoms with Crippen LogP contribution in [0.3, 0.4) is 0 Å². The number of rotatable bonds is 4. The highest BCUT2D eigenvalue weighted by Crippen LogP contribution is 2.18. The summed E-state index contributed by atoms with van der Waals surface area (Å²) in [5, 5.41) is 3.08. The van der Waals surface area contributed by atoms with Gasteiger partial charge in [-0.3, -0.25) is 9.78 Å². The Labute approximate surface area is 115 Å². The summed E-state index contributed by atoms with van der Waals surface area (Å²) in [7, 11) is 0. The molecule has 0 spiro atoms. The molecule has 0 unspecified atom stereocenters. The summed E-state index contributed by atoms with van der Waals surface area (Å²) >= 11 is 1.63. The average molecular weight is 267 g/mol. The van der Waals surface area contributed by atoms with Crippen molar-refractivity contribution in [2.75, 3.05) is 0 Å². The van der Waals surface area contributed by atoms with Gasteiger partial charge >= 0.3 is 0 Å². The molecule has 3 heteroatoms. The van der Waals surface area contributed by atoms with Crippen LogP contribution < -0.4 is 0 Å². The fraction of sp³-hybridized carbons (Fsp3) is 0.125. The van der Waals surface area contributed by atoms with Crippen molar-refractivity contribution in [3.63, 3.8) is 0 Å². The first-order chi connectivity index (χ1) is 9.33. The molecule has 0 aliphatic carbocycles. The maximum atomic E-state index is 12.1. The quantitative estimate of drug-likeness (QED) is 0.722. The summed E-state index contributed by atoms with van der Waals surface area (Å²) in [5.74, 6) is 0.249. The number of carbonyl (C=O) groups is 1. The predicted molar refractivity (Wildman–Crippen MR) is 78.5 cm³/mol. The third kappa shape index (κ3) is 2.71. The lowest BCUT2D eigenvalue weighted by Crippen LogP contribution is -2.06. The van der Waals surface area contributed by atoms with E-state index >= 15 is 0 Å². The van der Waals surface area contributed by atoms with Crippen molar-refractivity contribution >= 4 is 28.0 Å². The van der Waals surface area contributed by atoms with Crippen LogP contribution in [-0.2, 0) is 17.6 Å². The fourth-order valence-electron chi connectivity index (χ4n) is 2.19. The van der Waals surface area contributed by atoms with Gasteiger partial charge in [0.2, 0.25) is 0 Å². The first-order valence-corrected chi connectivity index (χ1v) is 7.07. The Hall–Kier alpha value is -2.00. The first kappa shape index (κ1) is 12.1. The average Bonchev–Trinajstić information content (AvgIpc) is 2.92. The highest BCUT2D eigenvalue weighted by atomic mass is 32.1. The third-order valence-electron chi connectivity index (χ3n) is 3.08. The van der Waals surface area contributed by atoms with E-state index in [0.29, 0.717) is 12.8 Å². The van der Waals surface area contributed by atoms with Crippen molar-refractivity contribution in [2.24, 2.45) is 0 Å². The Bertz CT molecular complexity index is 698. The lowest BCUT2D eigenvalue weighted by molar-refractivity contribution is -0.117. The molecular formula is C16H13NOS. The second-order valence-corrected chi connectivity index (χ2v) is 5.49. The molecular weight excluding hydrogens is 254 g/mol. The molecule has 3 aromatic rings. The molecule has 0 fully saturated rings. The van der Waals surface area contributed by atoms with Gasteiger partial charge in [-0.1, -0.05) is 24.3 Å². The largest absolute Gasteiger partial charge is 0.299 e. The Kier molecular flexibility index (Phi) is 3.38. The minimum Gasteiger partial charge on any atom is -0.299 e. The molecule has 0 saturated heterocycles. The van der Waals surface area contributed by atoms with Crippen LogP contribution >= 0.6 is 11.3 Å². The summed E-state index contributed by atoms with van der Waals surface area (Å²) in [6.07, 6.45) is 2.77. The van der Waals surface area contributed by atoms with Crippen molar-refractivity contribution < 1.29 is 4.79 Å². The van der Waals surface area contributed by atoms with Crippen molar-refractivity contribution in [3.8, 4) is 0 Å². The van der Waals surface area contributed by atoms with E-state index in [2.05, 4.69) is 4.98 Å². The van der Waals surface area contributed by atoms with Gasteiger partial charge in [0.1, 0.15) is 5.78 Å². The van der Waals surface area contributed by atoms with Crippen molar-refractivity contribution in [1.82, 2.24) is 4.98 Å². The van der Waals surface area contributed by atoms with Crippen molar-refractivity contribution in [2.45, 2.75) is 12.8 Å². The van der Waals surface area contributed by atoms with Gasteiger partial charge in [0, 0.05) is 29.3 Å². The number of aromatic nitrogens is 1. The monoisotopic (exact) mass is 267 g/mol. The number of hydrogen-bond donors (Lipinski definition) is 0. The molecule has 2 nitrogen and oxygen atoms in total. The van der Waals surface area contributed by atoms with E-state index in [1.807, 2.05) is 47.8 Å². The van der Waals surface area contributed by atoms with E-state index in [-0.39, 0.29) is 5.78 Å². The molecule has 0 bridgehead atoms. The topological polar surface area (TPSA) is 30.0 Å². The van der Waals surface area contributed by atoms with Crippen LogP contribution in [0.2, 0.25) is 0 Å². The zero-order valence-electron chi connectivity index (χ0n) is 10.4. The Balaban J connectivity index is 1.83. The van der Waals surface area contributed by atoms with Crippen LogP contribution in [0, 0.1) is 0 Å². The van der Waals surface area contributed by atoms with Gasteiger partial charge in [-0.2, -0.15) is 0 Å². The number of ketones is 1. The van der Waals surface area contributed by atoms with E-state index in [1.165, 1.54) is 0 Å². The summed E-state index contributed by atoms with van der Waals surface area (Å²) < 4.78 is 0. The van der Waals surface area contributed by atoms with E-state index in [4.69, 9.17) is 0 Å². The van der Waals surface area contributed by atoms with E-state index in [1.54, 1.807) is 17.5 Å². The second kappa shape index (κ2) is 5.33. The number of benzene rings is 1. The Morgan fingerprint density at radius 2 is 1.95 bits per heavy atom. The smallest absolute Gasteiger partial charge is 0.142 e. The van der Waals surface area contributed by atoms with Gasteiger partial charge in [0.05, 0.1) is 5.52 Å². The maximum Gasteiger partial charge on any atom is 0.142 e. The summed E-state index contributed by atoms with van der Waals surface area (Å²) in [4.78, 5) is 17.6. The van der Waals surface area contributed by atoms with E-state index in [0.717, 1.165) is 21.3 Å². The fourth-order valence-corrected chi connectivity index (χ4v) is 2.93. The number of para-hydroxylation sites is 1. The third-order valence-corrected chi connectivity index (χ3v) is 3.95. The molecule has 0 amide bonds. The molecule has 0 atom stereocenters. The number of fused-ring (bicyclic) bond motifs is 1. The normalized spacial score (nSPS) is 10.7. The lowest BCUT2D eigenvalue weighted by Gasteiger charge is -2.04. The molecule has 0 aliphatic rings. The van der Waals surface area contributed by atoms with Crippen LogP contribution in [0.15, 0.2) is 54.0 Å². The predicted octanol–water partition coefficient (Wildman–Crippen LogP) is 3.65. The minimum atomic E-state index is 0.249. The highest BCUT2D eigenvalue weighted by molar-refractivity contribution is 7.10. The number of thiophene rings is 1. The number of Topliss-reactive ketones (excluding diaryl/α,β-unsaturated/α-hetero) is 1. The zero-order chi connectivity index (χ0) is 13.1. The molecule has 2 aromatic heterocycles. The second-order valence-electron chi connectivity index (χ2n) is 4.46. The summed E-state index contributed by atoms with van der Waals surface area (Å²) in [6, 6.07) is 13.9. The number of nitrogens with zero attached hydrogens (tertiary/aromatic N) is 1. The molecule has 0 saturated carbocycles. The van der Waals surface area contributed by atoms with Gasteiger partial charge in [0.15, 0.2) is 0 Å². The van der Waals surface area contributed by atoms with Crippen molar-refractivity contribution in [1.29, 1.82) is 0 Å². The molecule has 0 N–H and O–H groups in total. The number of hydrogen-bond acceptors (Lipinski definition) is 3. The molecule has 1 aromatic carbocycles. The Morgan fingerprint density at radius 1 is 1.05 bits per heavy atom. The number of pyridine rings is 1. The standard InChI is InChI=1S/C16H13NOS/c18-13(11-14-4-3-9-19-14)10-12-7-8-17-16-6-2-1-5-15(12)16/h1-9H,10-11H2.